The quantitative estimate of drug-likeness (QED) is 0.151. The first-order valence-electron chi connectivity index (χ1n) is 11.1. The molecule has 0 radical (unpaired) electrons. The zero-order valence-electron chi connectivity index (χ0n) is 20.1. The van der Waals surface area contributed by atoms with Crippen LogP contribution in [-0.4, -0.2) is 44.7 Å². The van der Waals surface area contributed by atoms with Gasteiger partial charge in [0.25, 0.3) is 11.1 Å². The molecule has 38 heavy (non-hydrogen) atoms. The van der Waals surface area contributed by atoms with E-state index in [2.05, 4.69) is 0 Å². The molecule has 0 bridgehead atoms. The van der Waals surface area contributed by atoms with Crippen molar-refractivity contribution in [3.05, 3.63) is 85.3 Å². The molecule has 0 saturated carbocycles. The van der Waals surface area contributed by atoms with Gasteiger partial charge in [-0.25, -0.2) is 0 Å². The summed E-state index contributed by atoms with van der Waals surface area (Å²) in [5, 5.41) is -0.00639. The van der Waals surface area contributed by atoms with Crippen LogP contribution in [0.2, 0.25) is 5.02 Å². The molecule has 4 rings (SSSR count). The third-order valence-corrected chi connectivity index (χ3v) is 8.52. The Morgan fingerprint density at radius 2 is 1.74 bits per heavy atom. The molecular formula is C26H21ClINO7S2. The van der Waals surface area contributed by atoms with Gasteiger partial charge in [-0.15, -0.1) is 0 Å². The zero-order valence-corrected chi connectivity index (χ0v) is 24.7. The molecule has 1 saturated heterocycles. The van der Waals surface area contributed by atoms with Gasteiger partial charge in [0.1, 0.15) is 17.3 Å². The number of carbonyl (C=O) groups excluding carboxylic acids is 2. The fourth-order valence-corrected chi connectivity index (χ4v) is 6.23. The number of carbonyl (C=O) groups is 2. The lowest BCUT2D eigenvalue weighted by Crippen LogP contribution is -2.32. The van der Waals surface area contributed by atoms with Crippen molar-refractivity contribution in [2.24, 2.45) is 0 Å². The minimum Gasteiger partial charge on any atom is -0.493 e. The molecule has 198 valence electrons. The van der Waals surface area contributed by atoms with E-state index >= 15 is 0 Å². The Morgan fingerprint density at radius 3 is 2.39 bits per heavy atom. The molecule has 1 aliphatic heterocycles. The number of imide groups is 1. The van der Waals surface area contributed by atoms with Gasteiger partial charge in [0, 0.05) is 5.02 Å². The van der Waals surface area contributed by atoms with E-state index in [9.17, 15) is 18.0 Å². The smallest absolute Gasteiger partial charge is 0.339 e. The van der Waals surface area contributed by atoms with E-state index in [0.717, 1.165) is 22.2 Å². The van der Waals surface area contributed by atoms with E-state index in [-0.39, 0.29) is 34.5 Å². The number of methoxy groups -OCH3 is 1. The molecule has 0 aromatic heterocycles. The predicted octanol–water partition coefficient (Wildman–Crippen LogP) is 6.14. The maximum absolute atomic E-state index is 12.9. The maximum Gasteiger partial charge on any atom is 0.339 e. The van der Waals surface area contributed by atoms with E-state index in [1.54, 1.807) is 12.1 Å². The summed E-state index contributed by atoms with van der Waals surface area (Å²) >= 11 is 8.59. The molecule has 1 aliphatic rings. The number of aryl methyl sites for hydroxylation is 1. The second-order valence-electron chi connectivity index (χ2n) is 8.02. The second kappa shape index (κ2) is 12.0. The van der Waals surface area contributed by atoms with E-state index in [0.29, 0.717) is 19.9 Å². The van der Waals surface area contributed by atoms with Gasteiger partial charge >= 0.3 is 10.1 Å². The molecule has 0 aliphatic carbocycles. The van der Waals surface area contributed by atoms with Gasteiger partial charge in [0.15, 0.2) is 11.5 Å². The Hall–Kier alpha value is -2.74. The molecule has 1 heterocycles. The van der Waals surface area contributed by atoms with Gasteiger partial charge in [0.2, 0.25) is 0 Å². The number of hydrogen-bond acceptors (Lipinski definition) is 8. The van der Waals surface area contributed by atoms with Crippen LogP contribution < -0.4 is 13.7 Å². The number of hydrogen-bond donors (Lipinski definition) is 0. The van der Waals surface area contributed by atoms with Gasteiger partial charge in [-0.05, 0) is 101 Å². The van der Waals surface area contributed by atoms with Crippen LogP contribution in [0.3, 0.4) is 0 Å². The number of halogens is 2. The number of ether oxygens (including phenoxy) is 2. The Labute approximate surface area is 243 Å². The molecule has 0 spiro atoms. The van der Waals surface area contributed by atoms with Gasteiger partial charge in [-0.1, -0.05) is 29.3 Å². The highest BCUT2D eigenvalue weighted by atomic mass is 127. The molecule has 3 aromatic rings. The Kier molecular flexibility index (Phi) is 8.91. The van der Waals surface area contributed by atoms with Gasteiger partial charge in [0.05, 0.1) is 22.1 Å². The number of amides is 2. The summed E-state index contributed by atoms with van der Waals surface area (Å²) in [7, 11) is -2.78. The van der Waals surface area contributed by atoms with Crippen LogP contribution in [0, 0.1) is 10.5 Å². The highest BCUT2D eigenvalue weighted by Crippen LogP contribution is 2.38. The number of nitrogens with zero attached hydrogens (tertiary/aromatic N) is 1. The van der Waals surface area contributed by atoms with Crippen LogP contribution in [0.5, 0.6) is 17.2 Å². The van der Waals surface area contributed by atoms with Crippen LogP contribution in [0.1, 0.15) is 11.1 Å². The third kappa shape index (κ3) is 6.63. The third-order valence-electron chi connectivity index (χ3n) is 5.32. The van der Waals surface area contributed by atoms with Crippen molar-refractivity contribution >= 4 is 73.3 Å². The molecular weight excluding hydrogens is 665 g/mol. The van der Waals surface area contributed by atoms with Crippen LogP contribution >= 0.6 is 46.0 Å². The highest BCUT2D eigenvalue weighted by molar-refractivity contribution is 14.1. The summed E-state index contributed by atoms with van der Waals surface area (Å²) in [4.78, 5) is 26.7. The summed E-state index contributed by atoms with van der Waals surface area (Å²) < 4.78 is 42.4. The van der Waals surface area contributed by atoms with Gasteiger partial charge < -0.3 is 13.7 Å². The molecule has 0 N–H and O–H groups in total. The molecule has 3 aromatic carbocycles. The SMILES string of the molecule is COc1cc(/C=C2\SC(=O)N(CCOc3ccc(C)cc3)C2=O)cc(I)c1OS(=O)(=O)c1ccc(Cl)cc1. The van der Waals surface area contributed by atoms with Gasteiger partial charge in [-0.2, -0.15) is 8.42 Å². The Balaban J connectivity index is 1.49. The Morgan fingerprint density at radius 1 is 1.05 bits per heavy atom. The average Bonchev–Trinajstić information content (AvgIpc) is 3.14. The molecule has 12 heteroatoms. The maximum atomic E-state index is 12.9. The standard InChI is InChI=1S/C26H21ClINO7S2/c1-16-3-7-19(8-4-16)35-12-11-29-25(30)23(37-26(29)31)15-17-13-21(28)24(22(14-17)34-2)36-38(32,33)20-9-5-18(27)6-10-20/h3-10,13-15H,11-12H2,1-2H3/b23-15-. The topological polar surface area (TPSA) is 99.2 Å². The van der Waals surface area contributed by atoms with Gasteiger partial charge in [-0.3, -0.25) is 14.5 Å². The highest BCUT2D eigenvalue weighted by Gasteiger charge is 2.35. The number of thioether (sulfide) groups is 1. The molecule has 2 amide bonds. The monoisotopic (exact) mass is 685 g/mol. The lowest BCUT2D eigenvalue weighted by atomic mass is 10.2. The fourth-order valence-electron chi connectivity index (χ4n) is 3.40. The van der Waals surface area contributed by atoms with Crippen molar-refractivity contribution in [3.63, 3.8) is 0 Å². The van der Waals surface area contributed by atoms with Crippen molar-refractivity contribution in [1.82, 2.24) is 4.90 Å². The van der Waals surface area contributed by atoms with Crippen LogP contribution in [0.15, 0.2) is 70.5 Å². The summed E-state index contributed by atoms with van der Waals surface area (Å²) in [6, 6.07) is 16.2. The van der Waals surface area contributed by atoms with Crippen LogP contribution in [0.25, 0.3) is 6.08 Å². The normalized spacial score (nSPS) is 14.7. The first kappa shape index (κ1) is 28.3. The van der Waals surface area contributed by atoms with E-state index in [1.807, 2.05) is 53.8 Å². The minimum atomic E-state index is -4.16. The first-order valence-corrected chi connectivity index (χ1v) is 14.8. The summed E-state index contributed by atoms with van der Waals surface area (Å²) in [5.41, 5.74) is 1.63. The van der Waals surface area contributed by atoms with Crippen molar-refractivity contribution in [2.75, 3.05) is 20.3 Å². The van der Waals surface area contributed by atoms with Crippen molar-refractivity contribution in [3.8, 4) is 17.2 Å². The van der Waals surface area contributed by atoms with Crippen LogP contribution in [-0.2, 0) is 14.9 Å². The average molecular weight is 686 g/mol. The predicted molar refractivity (Wildman–Crippen MR) is 154 cm³/mol. The summed E-state index contributed by atoms with van der Waals surface area (Å²) in [5.74, 6) is 0.361. The van der Waals surface area contributed by atoms with Crippen molar-refractivity contribution in [1.29, 1.82) is 0 Å². The molecule has 0 unspecified atom stereocenters. The van der Waals surface area contributed by atoms with Crippen molar-refractivity contribution in [2.45, 2.75) is 11.8 Å². The van der Waals surface area contributed by atoms with Crippen molar-refractivity contribution < 1.29 is 31.7 Å². The Bertz CT molecular complexity index is 1510. The number of benzene rings is 3. The second-order valence-corrected chi connectivity index (χ2v) is 12.2. The molecule has 0 atom stereocenters. The largest absolute Gasteiger partial charge is 0.493 e. The zero-order chi connectivity index (χ0) is 27.4. The fraction of sp³-hybridized carbons (Fsp3) is 0.154. The number of rotatable bonds is 9. The molecule has 8 nitrogen and oxygen atoms in total. The van der Waals surface area contributed by atoms with Crippen LogP contribution in [0.4, 0.5) is 4.79 Å². The van der Waals surface area contributed by atoms with E-state index in [1.165, 1.54) is 37.4 Å². The lowest BCUT2D eigenvalue weighted by molar-refractivity contribution is -0.123. The molecule has 1 fully saturated rings. The minimum absolute atomic E-state index is 0.00144. The van der Waals surface area contributed by atoms with E-state index < -0.39 is 21.3 Å². The van der Waals surface area contributed by atoms with E-state index in [4.69, 9.17) is 25.3 Å². The lowest BCUT2D eigenvalue weighted by Gasteiger charge is -2.14. The first-order chi connectivity index (χ1) is 18.1. The summed E-state index contributed by atoms with van der Waals surface area (Å²) in [6.07, 6.45) is 1.55. The summed E-state index contributed by atoms with van der Waals surface area (Å²) in [6.45, 7) is 2.23.